The van der Waals surface area contributed by atoms with Gasteiger partial charge in [-0.25, -0.2) is 9.59 Å². The first-order valence-electron chi connectivity index (χ1n) is 4.78. The number of ether oxygens (including phenoxy) is 2. The molecular weight excluding hydrogens is 198 g/mol. The minimum atomic E-state index is -0.571. The minimum absolute atomic E-state index is 0.0404. The fraction of sp³-hybridized carbons (Fsp3) is 0.600. The molecule has 84 valence electrons. The van der Waals surface area contributed by atoms with Crippen LogP contribution < -0.4 is 5.32 Å². The summed E-state index contributed by atoms with van der Waals surface area (Å²) in [7, 11) is 1.26. The van der Waals surface area contributed by atoms with Crippen molar-refractivity contribution in [1.82, 2.24) is 5.32 Å². The third kappa shape index (κ3) is 2.97. The smallest absolute Gasteiger partial charge is 0.354 e. The zero-order chi connectivity index (χ0) is 11.4. The van der Waals surface area contributed by atoms with Crippen LogP contribution in [0.5, 0.6) is 0 Å². The minimum Gasteiger partial charge on any atom is -0.466 e. The van der Waals surface area contributed by atoms with Gasteiger partial charge in [-0.1, -0.05) is 13.8 Å². The normalized spacial score (nSPS) is 23.6. The number of nitrogens with one attached hydrogen (secondary N) is 1. The van der Waals surface area contributed by atoms with E-state index >= 15 is 0 Å². The second-order valence-corrected chi connectivity index (χ2v) is 3.67. The number of carbonyl (C=O) groups is 2. The van der Waals surface area contributed by atoms with E-state index in [-0.39, 0.29) is 11.7 Å². The molecule has 5 heteroatoms. The largest absolute Gasteiger partial charge is 0.466 e. The molecule has 0 aromatic carbocycles. The summed E-state index contributed by atoms with van der Waals surface area (Å²) < 4.78 is 9.37. The van der Waals surface area contributed by atoms with E-state index in [0.29, 0.717) is 12.5 Å². The van der Waals surface area contributed by atoms with Crippen molar-refractivity contribution < 1.29 is 19.1 Å². The van der Waals surface area contributed by atoms with Gasteiger partial charge in [-0.05, 0) is 5.92 Å². The number of cyclic esters (lactones) is 1. The Morgan fingerprint density at radius 2 is 2.33 bits per heavy atom. The second-order valence-electron chi connectivity index (χ2n) is 3.67. The van der Waals surface area contributed by atoms with Gasteiger partial charge in [0.1, 0.15) is 12.3 Å². The molecule has 0 spiro atoms. The summed E-state index contributed by atoms with van der Waals surface area (Å²) in [5, 5.41) is 2.95. The van der Waals surface area contributed by atoms with Crippen LogP contribution in [0.1, 0.15) is 13.8 Å². The number of rotatable bonds is 2. The molecule has 1 N–H and O–H groups in total. The summed E-state index contributed by atoms with van der Waals surface area (Å²) in [6.07, 6.45) is 1.11. The molecule has 0 amide bonds. The molecule has 1 fully saturated rings. The van der Waals surface area contributed by atoms with Crippen LogP contribution in [0, 0.1) is 5.92 Å². The van der Waals surface area contributed by atoms with E-state index < -0.39 is 11.9 Å². The van der Waals surface area contributed by atoms with E-state index in [0.717, 1.165) is 6.08 Å². The molecule has 1 aliphatic heterocycles. The van der Waals surface area contributed by atoms with Crippen molar-refractivity contribution in [2.45, 2.75) is 19.9 Å². The van der Waals surface area contributed by atoms with Crippen LogP contribution in [0.4, 0.5) is 0 Å². The van der Waals surface area contributed by atoms with Crippen LogP contribution in [0.15, 0.2) is 11.8 Å². The van der Waals surface area contributed by atoms with Gasteiger partial charge in [0, 0.05) is 0 Å². The first-order valence-corrected chi connectivity index (χ1v) is 4.78. The molecule has 1 rings (SSSR count). The summed E-state index contributed by atoms with van der Waals surface area (Å²) in [5.41, 5.74) is 0.159. The first kappa shape index (κ1) is 11.6. The average molecular weight is 213 g/mol. The topological polar surface area (TPSA) is 64.6 Å². The highest BCUT2D eigenvalue weighted by molar-refractivity contribution is 5.96. The van der Waals surface area contributed by atoms with Gasteiger partial charge in [0.15, 0.2) is 0 Å². The van der Waals surface area contributed by atoms with Crippen molar-refractivity contribution in [3.8, 4) is 0 Å². The van der Waals surface area contributed by atoms with Gasteiger partial charge < -0.3 is 14.8 Å². The predicted octanol–water partition coefficient (Wildman–Crippen LogP) is 0.214. The van der Waals surface area contributed by atoms with E-state index in [1.807, 2.05) is 13.8 Å². The molecule has 0 aromatic rings. The Hall–Kier alpha value is -1.52. The quantitative estimate of drug-likeness (QED) is 0.525. The molecule has 0 aliphatic carbocycles. The van der Waals surface area contributed by atoms with Gasteiger partial charge in [-0.3, -0.25) is 0 Å². The Kier molecular flexibility index (Phi) is 3.71. The molecule has 15 heavy (non-hydrogen) atoms. The van der Waals surface area contributed by atoms with E-state index in [4.69, 9.17) is 4.74 Å². The van der Waals surface area contributed by atoms with Crippen LogP contribution in [-0.4, -0.2) is 31.7 Å². The SMILES string of the molecule is COC(=O)/C=C1/NC(C(C)C)COC1=O. The van der Waals surface area contributed by atoms with Gasteiger partial charge in [-0.2, -0.15) is 0 Å². The molecule has 1 heterocycles. The van der Waals surface area contributed by atoms with Crippen molar-refractivity contribution in [3.63, 3.8) is 0 Å². The van der Waals surface area contributed by atoms with Crippen molar-refractivity contribution in [1.29, 1.82) is 0 Å². The Morgan fingerprint density at radius 3 is 2.87 bits per heavy atom. The number of morpholine rings is 1. The highest BCUT2D eigenvalue weighted by atomic mass is 16.5. The summed E-state index contributed by atoms with van der Waals surface area (Å²) in [4.78, 5) is 22.2. The average Bonchev–Trinajstić information content (AvgIpc) is 2.20. The van der Waals surface area contributed by atoms with Gasteiger partial charge >= 0.3 is 11.9 Å². The van der Waals surface area contributed by atoms with Crippen LogP contribution >= 0.6 is 0 Å². The summed E-state index contributed by atoms with van der Waals surface area (Å²) >= 11 is 0. The Morgan fingerprint density at radius 1 is 1.67 bits per heavy atom. The molecular formula is C10H15NO4. The molecule has 0 bridgehead atoms. The van der Waals surface area contributed by atoms with Crippen molar-refractivity contribution >= 4 is 11.9 Å². The molecule has 0 saturated carbocycles. The van der Waals surface area contributed by atoms with Crippen LogP contribution in [0.25, 0.3) is 0 Å². The zero-order valence-corrected chi connectivity index (χ0v) is 9.07. The molecule has 1 unspecified atom stereocenters. The summed E-state index contributed by atoms with van der Waals surface area (Å²) in [6, 6.07) is 0.0404. The lowest BCUT2D eigenvalue weighted by molar-refractivity contribution is -0.144. The monoisotopic (exact) mass is 213 g/mol. The van der Waals surface area contributed by atoms with E-state index in [9.17, 15) is 9.59 Å². The summed E-state index contributed by atoms with van der Waals surface area (Å²) in [5.74, 6) is -0.768. The molecule has 0 radical (unpaired) electrons. The lowest BCUT2D eigenvalue weighted by atomic mass is 10.0. The number of esters is 2. The third-order valence-electron chi connectivity index (χ3n) is 2.22. The highest BCUT2D eigenvalue weighted by Gasteiger charge is 2.26. The number of hydrogen-bond acceptors (Lipinski definition) is 5. The van der Waals surface area contributed by atoms with Crippen LogP contribution in [-0.2, 0) is 19.1 Å². The first-order chi connectivity index (χ1) is 7.04. The van der Waals surface area contributed by atoms with Gasteiger partial charge in [0.2, 0.25) is 0 Å². The molecule has 1 aliphatic rings. The Balaban J connectivity index is 2.73. The molecule has 1 atom stereocenters. The van der Waals surface area contributed by atoms with Crippen LogP contribution in [0.2, 0.25) is 0 Å². The van der Waals surface area contributed by atoms with Gasteiger partial charge in [0.25, 0.3) is 0 Å². The van der Waals surface area contributed by atoms with E-state index in [1.54, 1.807) is 0 Å². The third-order valence-corrected chi connectivity index (χ3v) is 2.22. The van der Waals surface area contributed by atoms with Gasteiger partial charge in [0.05, 0.1) is 19.2 Å². The lowest BCUT2D eigenvalue weighted by Gasteiger charge is -2.28. The highest BCUT2D eigenvalue weighted by Crippen LogP contribution is 2.11. The standard InChI is InChI=1S/C10H15NO4/c1-6(2)8-5-15-10(13)7(11-8)4-9(12)14-3/h4,6,8,11H,5H2,1-3H3/b7-4+. The number of hydrogen-bond donors (Lipinski definition) is 1. The Labute approximate surface area is 88.4 Å². The van der Waals surface area contributed by atoms with Crippen molar-refractivity contribution in [3.05, 3.63) is 11.8 Å². The second kappa shape index (κ2) is 4.82. The number of carbonyl (C=O) groups excluding carboxylic acids is 2. The predicted molar refractivity (Wildman–Crippen MR) is 52.8 cm³/mol. The van der Waals surface area contributed by atoms with Crippen LogP contribution in [0.3, 0.4) is 0 Å². The molecule has 1 saturated heterocycles. The maximum Gasteiger partial charge on any atom is 0.354 e. The fourth-order valence-electron chi connectivity index (χ4n) is 1.18. The molecule has 0 aromatic heterocycles. The number of methoxy groups -OCH3 is 1. The summed E-state index contributed by atoms with van der Waals surface area (Å²) in [6.45, 7) is 4.34. The molecule has 5 nitrogen and oxygen atoms in total. The van der Waals surface area contributed by atoms with Crippen molar-refractivity contribution in [2.75, 3.05) is 13.7 Å². The Bertz CT molecular complexity index is 296. The lowest BCUT2D eigenvalue weighted by Crippen LogP contribution is -2.45. The van der Waals surface area contributed by atoms with E-state index in [1.165, 1.54) is 7.11 Å². The van der Waals surface area contributed by atoms with E-state index in [2.05, 4.69) is 10.1 Å². The zero-order valence-electron chi connectivity index (χ0n) is 9.07. The maximum atomic E-state index is 11.3. The van der Waals surface area contributed by atoms with Crippen molar-refractivity contribution in [2.24, 2.45) is 5.92 Å². The maximum absolute atomic E-state index is 11.3. The fourth-order valence-corrected chi connectivity index (χ4v) is 1.18. The van der Waals surface area contributed by atoms with Gasteiger partial charge in [-0.15, -0.1) is 0 Å².